The van der Waals surface area contributed by atoms with Crippen LogP contribution >= 0.6 is 39.3 Å². The third-order valence-electron chi connectivity index (χ3n) is 2.99. The van der Waals surface area contributed by atoms with Crippen molar-refractivity contribution in [3.8, 4) is 5.75 Å². The van der Waals surface area contributed by atoms with Gasteiger partial charge in [-0.15, -0.1) is 0 Å². The Morgan fingerprint density at radius 3 is 2.90 bits per heavy atom. The maximum atomic E-state index is 12.2. The summed E-state index contributed by atoms with van der Waals surface area (Å²) in [5.41, 5.74) is 0.646. The second kappa shape index (κ2) is 7.03. The number of amides is 1. The molecule has 114 valence electrons. The van der Waals surface area contributed by atoms with Crippen molar-refractivity contribution >= 4 is 56.0 Å². The lowest BCUT2D eigenvalue weighted by atomic mass is 10.2. The van der Waals surface area contributed by atoms with Crippen LogP contribution in [0.2, 0.25) is 5.02 Å². The number of thioether (sulfide) groups is 1. The van der Waals surface area contributed by atoms with Gasteiger partial charge in [-0.1, -0.05) is 23.4 Å². The number of anilines is 1. The first-order valence-electron chi connectivity index (χ1n) is 6.51. The molecule has 7 heteroatoms. The summed E-state index contributed by atoms with van der Waals surface area (Å²) < 4.78 is 6.34. The van der Waals surface area contributed by atoms with Gasteiger partial charge in [-0.2, -0.15) is 0 Å². The Balaban J connectivity index is 2.33. The van der Waals surface area contributed by atoms with E-state index in [2.05, 4.69) is 15.9 Å². The molecule has 0 aliphatic carbocycles. The van der Waals surface area contributed by atoms with Crippen molar-refractivity contribution in [1.29, 1.82) is 0 Å². The number of nitrogens with zero attached hydrogens (tertiary/aromatic N) is 1. The van der Waals surface area contributed by atoms with Gasteiger partial charge in [0.05, 0.1) is 16.8 Å². The zero-order valence-electron chi connectivity index (χ0n) is 11.7. The van der Waals surface area contributed by atoms with E-state index in [0.717, 1.165) is 0 Å². The summed E-state index contributed by atoms with van der Waals surface area (Å²) in [6.07, 6.45) is 0.347. The fourth-order valence-electron chi connectivity index (χ4n) is 2.26. The number of halogens is 2. The second-order valence-electron chi connectivity index (χ2n) is 4.61. The van der Waals surface area contributed by atoms with E-state index < -0.39 is 0 Å². The molecule has 1 heterocycles. The molecule has 0 radical (unpaired) electrons. The monoisotopic (exact) mass is 391 g/mol. The molecule has 1 atom stereocenters. The molecule has 0 N–H and O–H groups in total. The van der Waals surface area contributed by atoms with E-state index in [-0.39, 0.29) is 16.3 Å². The minimum absolute atomic E-state index is 0.0203. The van der Waals surface area contributed by atoms with Crippen LogP contribution in [0.3, 0.4) is 0 Å². The molecule has 1 unspecified atom stereocenters. The normalized spacial score (nSPS) is 18.2. The Hall–Kier alpha value is -0.720. The van der Waals surface area contributed by atoms with Gasteiger partial charge in [-0.05, 0) is 35.0 Å². The van der Waals surface area contributed by atoms with Crippen LogP contribution in [-0.4, -0.2) is 29.4 Å². The first-order chi connectivity index (χ1) is 9.92. The number of hydrogen-bond donors (Lipinski definition) is 0. The van der Waals surface area contributed by atoms with Crippen molar-refractivity contribution in [2.24, 2.45) is 0 Å². The molecule has 1 aliphatic heterocycles. The van der Waals surface area contributed by atoms with Gasteiger partial charge >= 0.3 is 0 Å². The van der Waals surface area contributed by atoms with Crippen molar-refractivity contribution in [3.63, 3.8) is 0 Å². The van der Waals surface area contributed by atoms with Gasteiger partial charge < -0.3 is 9.64 Å². The van der Waals surface area contributed by atoms with Gasteiger partial charge in [0, 0.05) is 30.2 Å². The summed E-state index contributed by atoms with van der Waals surface area (Å²) >= 11 is 10.7. The third-order valence-corrected chi connectivity index (χ3v) is 4.78. The predicted molar refractivity (Wildman–Crippen MR) is 89.4 cm³/mol. The minimum Gasteiger partial charge on any atom is -0.490 e. The van der Waals surface area contributed by atoms with Crippen LogP contribution < -0.4 is 9.64 Å². The lowest BCUT2D eigenvalue weighted by molar-refractivity contribution is -0.117. The molecule has 1 saturated heterocycles. The molecule has 1 fully saturated rings. The van der Waals surface area contributed by atoms with E-state index in [4.69, 9.17) is 16.3 Å². The summed E-state index contributed by atoms with van der Waals surface area (Å²) in [4.78, 5) is 25.1. The Labute approximate surface area is 141 Å². The zero-order valence-corrected chi connectivity index (χ0v) is 14.8. The van der Waals surface area contributed by atoms with E-state index in [9.17, 15) is 9.59 Å². The average Bonchev–Trinajstić information content (AvgIpc) is 2.72. The predicted octanol–water partition coefficient (Wildman–Crippen LogP) is 3.89. The molecule has 1 amide bonds. The number of rotatable bonds is 4. The van der Waals surface area contributed by atoms with E-state index in [1.165, 1.54) is 18.7 Å². The molecule has 1 aliphatic rings. The summed E-state index contributed by atoms with van der Waals surface area (Å²) in [5, 5.41) is 0.519. The van der Waals surface area contributed by atoms with E-state index in [1.807, 2.05) is 6.92 Å². The molecule has 21 heavy (non-hydrogen) atoms. The molecule has 0 saturated carbocycles. The second-order valence-corrected chi connectivity index (χ2v) is 7.38. The van der Waals surface area contributed by atoms with Crippen LogP contribution in [0.1, 0.15) is 20.3 Å². The first-order valence-corrected chi connectivity index (χ1v) is 8.56. The molecule has 1 aromatic carbocycles. The Bertz CT molecular complexity index is 582. The van der Waals surface area contributed by atoms with Gasteiger partial charge in [0.25, 0.3) is 0 Å². The highest BCUT2D eigenvalue weighted by Crippen LogP contribution is 2.41. The Morgan fingerprint density at radius 2 is 2.29 bits per heavy atom. The maximum absolute atomic E-state index is 12.2. The number of ether oxygens (including phenoxy) is 1. The number of carbonyl (C=O) groups excluding carboxylic acids is 2. The molecule has 0 aromatic heterocycles. The van der Waals surface area contributed by atoms with Gasteiger partial charge in [0.1, 0.15) is 0 Å². The van der Waals surface area contributed by atoms with Gasteiger partial charge in [0.2, 0.25) is 5.91 Å². The van der Waals surface area contributed by atoms with Crippen molar-refractivity contribution in [2.45, 2.75) is 25.5 Å². The number of carbonyl (C=O) groups is 2. The number of benzene rings is 1. The SMILES string of the molecule is CCOc1c(Br)cc(Cl)cc1N1CC(SC(C)=O)CC1=O. The summed E-state index contributed by atoms with van der Waals surface area (Å²) in [7, 11) is 0. The largest absolute Gasteiger partial charge is 0.490 e. The molecular weight excluding hydrogens is 378 g/mol. The lowest BCUT2D eigenvalue weighted by Crippen LogP contribution is -2.25. The smallest absolute Gasteiger partial charge is 0.228 e. The highest BCUT2D eigenvalue weighted by atomic mass is 79.9. The highest BCUT2D eigenvalue weighted by Gasteiger charge is 2.34. The molecule has 1 aromatic rings. The standard InChI is InChI=1S/C14H15BrClNO3S/c1-3-20-14-11(15)4-9(16)5-12(14)17-7-10(6-13(17)19)21-8(2)18/h4-5,10H,3,6-7H2,1-2H3. The minimum atomic E-state index is -0.0257. The van der Waals surface area contributed by atoms with Gasteiger partial charge in [-0.3, -0.25) is 9.59 Å². The Morgan fingerprint density at radius 1 is 1.57 bits per heavy atom. The van der Waals surface area contributed by atoms with Crippen LogP contribution in [0.15, 0.2) is 16.6 Å². The highest BCUT2D eigenvalue weighted by molar-refractivity contribution is 9.10. The number of hydrogen-bond acceptors (Lipinski definition) is 4. The Kier molecular flexibility index (Phi) is 5.57. The van der Waals surface area contributed by atoms with E-state index in [0.29, 0.717) is 40.5 Å². The fraction of sp³-hybridized carbons (Fsp3) is 0.429. The van der Waals surface area contributed by atoms with Crippen LogP contribution in [-0.2, 0) is 9.59 Å². The first kappa shape index (κ1) is 16.6. The van der Waals surface area contributed by atoms with Crippen LogP contribution in [0.4, 0.5) is 5.69 Å². The van der Waals surface area contributed by atoms with Crippen molar-refractivity contribution < 1.29 is 14.3 Å². The maximum Gasteiger partial charge on any atom is 0.228 e. The molecule has 4 nitrogen and oxygen atoms in total. The van der Waals surface area contributed by atoms with Gasteiger partial charge in [-0.25, -0.2) is 0 Å². The molecule has 2 rings (SSSR count). The van der Waals surface area contributed by atoms with Gasteiger partial charge in [0.15, 0.2) is 10.9 Å². The average molecular weight is 393 g/mol. The molecular formula is C14H15BrClNO3S. The third kappa shape index (κ3) is 3.93. The van der Waals surface area contributed by atoms with Crippen molar-refractivity contribution in [1.82, 2.24) is 0 Å². The molecule has 0 bridgehead atoms. The topological polar surface area (TPSA) is 46.6 Å². The van der Waals surface area contributed by atoms with Crippen LogP contribution in [0, 0.1) is 0 Å². The lowest BCUT2D eigenvalue weighted by Gasteiger charge is -2.21. The molecule has 0 spiro atoms. The summed E-state index contributed by atoms with van der Waals surface area (Å²) in [5.74, 6) is 0.576. The van der Waals surface area contributed by atoms with Crippen LogP contribution in [0.25, 0.3) is 0 Å². The summed E-state index contributed by atoms with van der Waals surface area (Å²) in [6.45, 7) is 4.36. The fourth-order valence-corrected chi connectivity index (χ4v) is 4.08. The van der Waals surface area contributed by atoms with Crippen molar-refractivity contribution in [2.75, 3.05) is 18.1 Å². The zero-order chi connectivity index (χ0) is 15.6. The van der Waals surface area contributed by atoms with Crippen molar-refractivity contribution in [3.05, 3.63) is 21.6 Å². The van der Waals surface area contributed by atoms with E-state index >= 15 is 0 Å². The van der Waals surface area contributed by atoms with Crippen LogP contribution in [0.5, 0.6) is 5.75 Å². The quantitative estimate of drug-likeness (QED) is 0.780. The summed E-state index contributed by atoms with van der Waals surface area (Å²) in [6, 6.07) is 3.45. The van der Waals surface area contributed by atoms with E-state index in [1.54, 1.807) is 17.0 Å².